The number of carbonyl (C=O) groups is 2. The Morgan fingerprint density at radius 1 is 1.33 bits per heavy atom. The van der Waals surface area contributed by atoms with Gasteiger partial charge < -0.3 is 10.1 Å². The molecule has 0 aliphatic carbocycles. The van der Waals surface area contributed by atoms with E-state index in [0.717, 1.165) is 17.7 Å². The lowest BCUT2D eigenvalue weighted by molar-refractivity contribution is -0.152. The maximum Gasteiger partial charge on any atom is 0.303 e. The smallest absolute Gasteiger partial charge is 0.303 e. The molecule has 1 amide bonds. The molecule has 0 saturated heterocycles. The van der Waals surface area contributed by atoms with Crippen molar-refractivity contribution >= 4 is 17.6 Å². The minimum atomic E-state index is -0.729. The monoisotopic (exact) mass is 249 g/mol. The van der Waals surface area contributed by atoms with Crippen molar-refractivity contribution < 1.29 is 14.3 Å². The minimum Gasteiger partial charge on any atom is -0.452 e. The van der Waals surface area contributed by atoms with E-state index in [-0.39, 0.29) is 5.91 Å². The van der Waals surface area contributed by atoms with Gasteiger partial charge in [-0.3, -0.25) is 9.59 Å². The molecule has 4 nitrogen and oxygen atoms in total. The molecule has 0 saturated carbocycles. The van der Waals surface area contributed by atoms with Gasteiger partial charge in [-0.25, -0.2) is 0 Å². The van der Waals surface area contributed by atoms with Crippen LogP contribution in [-0.2, 0) is 20.7 Å². The fourth-order valence-electron chi connectivity index (χ4n) is 1.61. The zero-order valence-electron chi connectivity index (χ0n) is 11.0. The van der Waals surface area contributed by atoms with Crippen molar-refractivity contribution in [2.45, 2.75) is 39.7 Å². The van der Waals surface area contributed by atoms with Crippen LogP contribution in [0.5, 0.6) is 0 Å². The van der Waals surface area contributed by atoms with Crippen LogP contribution < -0.4 is 5.32 Å². The molecule has 4 heteroatoms. The molecule has 0 heterocycles. The van der Waals surface area contributed by atoms with Gasteiger partial charge in [0, 0.05) is 12.6 Å². The van der Waals surface area contributed by atoms with E-state index in [1.807, 2.05) is 24.3 Å². The molecular formula is C14H19NO3. The second kappa shape index (κ2) is 6.79. The highest BCUT2D eigenvalue weighted by Crippen LogP contribution is 2.12. The van der Waals surface area contributed by atoms with Crippen molar-refractivity contribution in [1.82, 2.24) is 0 Å². The van der Waals surface area contributed by atoms with E-state index in [4.69, 9.17) is 4.74 Å². The summed E-state index contributed by atoms with van der Waals surface area (Å²) in [4.78, 5) is 22.8. The van der Waals surface area contributed by atoms with E-state index in [0.29, 0.717) is 6.42 Å². The van der Waals surface area contributed by atoms with E-state index < -0.39 is 12.1 Å². The van der Waals surface area contributed by atoms with Gasteiger partial charge in [-0.15, -0.1) is 0 Å². The lowest BCUT2D eigenvalue weighted by Gasteiger charge is -2.15. The van der Waals surface area contributed by atoms with Crippen LogP contribution in [0.3, 0.4) is 0 Å². The lowest BCUT2D eigenvalue weighted by Crippen LogP contribution is -2.31. The Kier molecular flexibility index (Phi) is 5.36. The number of anilines is 1. The van der Waals surface area contributed by atoms with E-state index in [2.05, 4.69) is 12.2 Å². The number of aryl methyl sites for hydroxylation is 1. The van der Waals surface area contributed by atoms with Crippen LogP contribution >= 0.6 is 0 Å². The number of hydrogen-bond donors (Lipinski definition) is 1. The normalized spacial score (nSPS) is 11.7. The summed E-state index contributed by atoms with van der Waals surface area (Å²) in [7, 11) is 0. The minimum absolute atomic E-state index is 0.291. The zero-order valence-corrected chi connectivity index (χ0v) is 11.0. The number of benzene rings is 1. The molecule has 0 bridgehead atoms. The number of rotatable bonds is 5. The first-order valence-electron chi connectivity index (χ1n) is 6.13. The molecule has 1 N–H and O–H groups in total. The van der Waals surface area contributed by atoms with Crippen LogP contribution in [0.1, 0.15) is 32.8 Å². The maximum absolute atomic E-state index is 11.9. The first-order chi connectivity index (χ1) is 8.56. The summed E-state index contributed by atoms with van der Waals surface area (Å²) >= 11 is 0. The molecule has 0 fully saturated rings. The third kappa shape index (κ3) is 4.20. The average molecular weight is 249 g/mol. The predicted molar refractivity (Wildman–Crippen MR) is 70.3 cm³/mol. The molecule has 0 aliphatic rings. The number of esters is 1. The SMILES string of the molecule is CCc1cccc(NC(=O)C(CC)OC(C)=O)c1. The number of ether oxygens (including phenoxy) is 1. The molecule has 1 unspecified atom stereocenters. The third-order valence-electron chi connectivity index (χ3n) is 2.57. The lowest BCUT2D eigenvalue weighted by atomic mass is 10.1. The molecule has 0 radical (unpaired) electrons. The van der Waals surface area contributed by atoms with Gasteiger partial charge >= 0.3 is 5.97 Å². The van der Waals surface area contributed by atoms with Crippen molar-refractivity contribution in [2.75, 3.05) is 5.32 Å². The third-order valence-corrected chi connectivity index (χ3v) is 2.57. The molecule has 0 aromatic heterocycles. The number of carbonyl (C=O) groups excluding carboxylic acids is 2. The largest absolute Gasteiger partial charge is 0.452 e. The van der Waals surface area contributed by atoms with Gasteiger partial charge in [0.1, 0.15) is 0 Å². The number of amides is 1. The predicted octanol–water partition coefficient (Wildman–Crippen LogP) is 2.53. The second-order valence-corrected chi connectivity index (χ2v) is 4.05. The van der Waals surface area contributed by atoms with Crippen molar-refractivity contribution in [3.05, 3.63) is 29.8 Å². The van der Waals surface area contributed by atoms with Gasteiger partial charge in [-0.05, 0) is 30.5 Å². The van der Waals surface area contributed by atoms with Gasteiger partial charge in [0.05, 0.1) is 0 Å². The van der Waals surface area contributed by atoms with Gasteiger partial charge in [0.25, 0.3) is 5.91 Å². The summed E-state index contributed by atoms with van der Waals surface area (Å²) in [6.07, 6.45) is 0.636. The molecule has 0 spiro atoms. The highest BCUT2D eigenvalue weighted by molar-refractivity contribution is 5.95. The summed E-state index contributed by atoms with van der Waals surface area (Å²) in [5, 5.41) is 2.76. The molecule has 1 rings (SSSR count). The van der Waals surface area contributed by atoms with Crippen LogP contribution in [-0.4, -0.2) is 18.0 Å². The van der Waals surface area contributed by atoms with Crippen molar-refractivity contribution in [1.29, 1.82) is 0 Å². The molecule has 1 aromatic carbocycles. The van der Waals surface area contributed by atoms with E-state index in [1.54, 1.807) is 6.92 Å². The van der Waals surface area contributed by atoms with Crippen molar-refractivity contribution in [2.24, 2.45) is 0 Å². The summed E-state index contributed by atoms with van der Waals surface area (Å²) in [6.45, 7) is 5.15. The molecule has 98 valence electrons. The summed E-state index contributed by atoms with van der Waals surface area (Å²) in [6, 6.07) is 7.62. The molecule has 1 atom stereocenters. The average Bonchev–Trinajstić information content (AvgIpc) is 2.35. The standard InChI is InChI=1S/C14H19NO3/c1-4-11-7-6-8-12(9-11)15-14(17)13(5-2)18-10(3)16/h6-9,13H,4-5H2,1-3H3,(H,15,17). The first kappa shape index (κ1) is 14.2. The quantitative estimate of drug-likeness (QED) is 0.816. The highest BCUT2D eigenvalue weighted by Gasteiger charge is 2.19. The molecule has 0 aliphatic heterocycles. The fourth-order valence-corrected chi connectivity index (χ4v) is 1.61. The summed E-state index contributed by atoms with van der Waals surface area (Å²) in [5.74, 6) is -0.736. The number of nitrogens with one attached hydrogen (secondary N) is 1. The Morgan fingerprint density at radius 2 is 2.06 bits per heavy atom. The van der Waals surface area contributed by atoms with Gasteiger partial charge in [-0.1, -0.05) is 26.0 Å². The first-order valence-corrected chi connectivity index (χ1v) is 6.13. The highest BCUT2D eigenvalue weighted by atomic mass is 16.5. The maximum atomic E-state index is 11.9. The van der Waals surface area contributed by atoms with Crippen LogP contribution in [0.2, 0.25) is 0 Å². The van der Waals surface area contributed by atoms with Crippen LogP contribution in [0.15, 0.2) is 24.3 Å². The molecule has 18 heavy (non-hydrogen) atoms. The Morgan fingerprint density at radius 3 is 2.61 bits per heavy atom. The Balaban J connectivity index is 2.69. The molecule has 1 aromatic rings. The van der Waals surface area contributed by atoms with E-state index in [1.165, 1.54) is 6.92 Å². The topological polar surface area (TPSA) is 55.4 Å². The summed E-state index contributed by atoms with van der Waals surface area (Å²) in [5.41, 5.74) is 1.87. The fraction of sp³-hybridized carbons (Fsp3) is 0.429. The van der Waals surface area contributed by atoms with E-state index >= 15 is 0 Å². The summed E-state index contributed by atoms with van der Waals surface area (Å²) < 4.78 is 4.94. The second-order valence-electron chi connectivity index (χ2n) is 4.05. The van der Waals surface area contributed by atoms with Crippen LogP contribution in [0, 0.1) is 0 Å². The number of hydrogen-bond acceptors (Lipinski definition) is 3. The van der Waals surface area contributed by atoms with Crippen LogP contribution in [0.25, 0.3) is 0 Å². The van der Waals surface area contributed by atoms with Crippen molar-refractivity contribution in [3.8, 4) is 0 Å². The zero-order chi connectivity index (χ0) is 13.5. The van der Waals surface area contributed by atoms with Gasteiger partial charge in [0.15, 0.2) is 6.10 Å². The van der Waals surface area contributed by atoms with Crippen molar-refractivity contribution in [3.63, 3.8) is 0 Å². The Hall–Kier alpha value is -1.84. The Bertz CT molecular complexity index is 429. The Labute approximate surface area is 107 Å². The van der Waals surface area contributed by atoms with E-state index in [9.17, 15) is 9.59 Å². The molecular weight excluding hydrogens is 230 g/mol. The van der Waals surface area contributed by atoms with Gasteiger partial charge in [-0.2, -0.15) is 0 Å². The van der Waals surface area contributed by atoms with Gasteiger partial charge in [0.2, 0.25) is 0 Å². The van der Waals surface area contributed by atoms with Crippen LogP contribution in [0.4, 0.5) is 5.69 Å².